The molecule has 1 heterocycles. The average molecular weight is 244 g/mol. The number of hydrogen-bond donors (Lipinski definition) is 0. The number of hydrogen-bond acceptors (Lipinski definition) is 2. The summed E-state index contributed by atoms with van der Waals surface area (Å²) in [6.07, 6.45) is 1.86. The monoisotopic (exact) mass is 244 g/mol. The maximum atomic E-state index is 5.43. The van der Waals surface area contributed by atoms with Gasteiger partial charge in [-0.15, -0.1) is 0 Å². The van der Waals surface area contributed by atoms with Crippen LogP contribution in [0, 0.1) is 0 Å². The van der Waals surface area contributed by atoms with Crippen molar-refractivity contribution < 1.29 is 4.74 Å². The number of methoxy groups -OCH3 is 1. The molecule has 0 bridgehead atoms. The van der Waals surface area contributed by atoms with E-state index in [1.54, 1.807) is 7.11 Å². The Kier molecular flexibility index (Phi) is 3.16. The number of nitrogens with zero attached hydrogens (tertiary/aromatic N) is 2. The van der Waals surface area contributed by atoms with Crippen LogP contribution in [0.3, 0.4) is 0 Å². The molecule has 0 saturated carbocycles. The summed E-state index contributed by atoms with van der Waals surface area (Å²) in [7, 11) is 3.73. The fourth-order valence-electron chi connectivity index (χ4n) is 2.35. The van der Waals surface area contributed by atoms with Gasteiger partial charge in [-0.3, -0.25) is 0 Å². The molecule has 0 aliphatic rings. The topological polar surface area (TPSA) is 27.1 Å². The molecular weight excluding hydrogens is 224 g/mol. The minimum atomic E-state index is 0.0431. The number of para-hydroxylation sites is 1. The van der Waals surface area contributed by atoms with Gasteiger partial charge in [0.05, 0.1) is 24.8 Å². The van der Waals surface area contributed by atoms with Gasteiger partial charge >= 0.3 is 0 Å². The number of aryl methyl sites for hydroxylation is 1. The maximum Gasteiger partial charge on any atom is 0.128 e. The van der Waals surface area contributed by atoms with E-state index < -0.39 is 0 Å². The minimum absolute atomic E-state index is 0.0431. The van der Waals surface area contributed by atoms with Gasteiger partial charge in [0.15, 0.2) is 0 Å². The van der Waals surface area contributed by atoms with Gasteiger partial charge in [0, 0.05) is 18.0 Å². The molecule has 3 heteroatoms. The Balaban J connectivity index is 2.65. The number of benzene rings is 1. The van der Waals surface area contributed by atoms with Crippen LogP contribution in [0.5, 0.6) is 5.75 Å². The largest absolute Gasteiger partial charge is 0.496 e. The summed E-state index contributed by atoms with van der Waals surface area (Å²) in [6, 6.07) is 8.01. The first-order valence-corrected chi connectivity index (χ1v) is 6.10. The van der Waals surface area contributed by atoms with Crippen molar-refractivity contribution in [1.82, 2.24) is 9.55 Å². The highest BCUT2D eigenvalue weighted by molar-refractivity contribution is 5.70. The molecule has 0 aliphatic carbocycles. The van der Waals surface area contributed by atoms with E-state index in [4.69, 9.17) is 4.74 Å². The molecule has 2 rings (SSSR count). The van der Waals surface area contributed by atoms with E-state index in [2.05, 4.69) is 36.4 Å². The normalized spacial score (nSPS) is 11.6. The van der Waals surface area contributed by atoms with Crippen molar-refractivity contribution in [3.8, 4) is 17.0 Å². The fourth-order valence-corrected chi connectivity index (χ4v) is 2.35. The van der Waals surface area contributed by atoms with Crippen LogP contribution in [-0.2, 0) is 12.5 Å². The lowest BCUT2D eigenvalue weighted by Gasteiger charge is -2.21. The summed E-state index contributed by atoms with van der Waals surface area (Å²) in [5.74, 6) is 0.863. The number of aromatic nitrogens is 2. The molecule has 1 aromatic carbocycles. The van der Waals surface area contributed by atoms with Gasteiger partial charge in [-0.05, 0) is 12.1 Å². The highest BCUT2D eigenvalue weighted by atomic mass is 16.5. The van der Waals surface area contributed by atoms with Crippen LogP contribution in [0.25, 0.3) is 11.3 Å². The van der Waals surface area contributed by atoms with Crippen LogP contribution >= 0.6 is 0 Å². The molecule has 0 saturated heterocycles. The molecule has 0 unspecified atom stereocenters. The first kappa shape index (κ1) is 12.7. The van der Waals surface area contributed by atoms with Crippen molar-refractivity contribution in [2.24, 2.45) is 7.05 Å². The third-order valence-electron chi connectivity index (χ3n) is 3.01. The maximum absolute atomic E-state index is 5.43. The predicted molar refractivity (Wildman–Crippen MR) is 73.9 cm³/mol. The molecule has 18 heavy (non-hydrogen) atoms. The Hall–Kier alpha value is -1.77. The zero-order valence-corrected chi connectivity index (χ0v) is 11.7. The van der Waals surface area contributed by atoms with Gasteiger partial charge in [0.2, 0.25) is 0 Å². The van der Waals surface area contributed by atoms with E-state index in [0.29, 0.717) is 0 Å². The molecule has 0 N–H and O–H groups in total. The molecule has 96 valence electrons. The van der Waals surface area contributed by atoms with Crippen LogP contribution in [0.2, 0.25) is 0 Å². The molecule has 0 aliphatic heterocycles. The van der Waals surface area contributed by atoms with Crippen LogP contribution in [0.4, 0.5) is 0 Å². The van der Waals surface area contributed by atoms with Gasteiger partial charge in [-0.25, -0.2) is 4.98 Å². The third-order valence-corrected chi connectivity index (χ3v) is 3.01. The number of rotatable bonds is 2. The highest BCUT2D eigenvalue weighted by Crippen LogP contribution is 2.36. The fraction of sp³-hybridized carbons (Fsp3) is 0.400. The molecule has 0 fully saturated rings. The zero-order chi connectivity index (χ0) is 13.3. The predicted octanol–water partition coefficient (Wildman–Crippen LogP) is 3.39. The van der Waals surface area contributed by atoms with E-state index in [-0.39, 0.29) is 5.41 Å². The lowest BCUT2D eigenvalue weighted by molar-refractivity contribution is 0.416. The number of imidazole rings is 1. The SMILES string of the molecule is COc1ccccc1-c1ncn(C)c1C(C)(C)C. The van der Waals surface area contributed by atoms with Crippen molar-refractivity contribution in [1.29, 1.82) is 0 Å². The Morgan fingerprint density at radius 2 is 1.83 bits per heavy atom. The summed E-state index contributed by atoms with van der Waals surface area (Å²) in [6.45, 7) is 6.59. The molecule has 0 spiro atoms. The van der Waals surface area contributed by atoms with Gasteiger partial charge in [0.1, 0.15) is 5.75 Å². The van der Waals surface area contributed by atoms with Crippen molar-refractivity contribution in [2.45, 2.75) is 26.2 Å². The second kappa shape index (κ2) is 4.48. The summed E-state index contributed by atoms with van der Waals surface area (Å²) < 4.78 is 7.51. The molecule has 1 aromatic heterocycles. The summed E-state index contributed by atoms with van der Waals surface area (Å²) in [4.78, 5) is 4.54. The van der Waals surface area contributed by atoms with E-state index >= 15 is 0 Å². The Bertz CT molecular complexity index is 550. The lowest BCUT2D eigenvalue weighted by atomic mass is 9.88. The summed E-state index contributed by atoms with van der Waals surface area (Å²) in [5.41, 5.74) is 3.31. The summed E-state index contributed by atoms with van der Waals surface area (Å²) >= 11 is 0. The van der Waals surface area contributed by atoms with Gasteiger partial charge < -0.3 is 9.30 Å². The van der Waals surface area contributed by atoms with E-state index in [9.17, 15) is 0 Å². The Morgan fingerprint density at radius 1 is 1.17 bits per heavy atom. The molecular formula is C15H20N2O. The van der Waals surface area contributed by atoms with Crippen molar-refractivity contribution >= 4 is 0 Å². The molecule has 0 radical (unpaired) electrons. The first-order valence-electron chi connectivity index (χ1n) is 6.10. The van der Waals surface area contributed by atoms with E-state index in [0.717, 1.165) is 17.0 Å². The molecule has 3 nitrogen and oxygen atoms in total. The van der Waals surface area contributed by atoms with Crippen LogP contribution < -0.4 is 4.74 Å². The van der Waals surface area contributed by atoms with Crippen molar-refractivity contribution in [2.75, 3.05) is 7.11 Å². The zero-order valence-electron chi connectivity index (χ0n) is 11.7. The van der Waals surface area contributed by atoms with Gasteiger partial charge in [0.25, 0.3) is 0 Å². The van der Waals surface area contributed by atoms with Crippen molar-refractivity contribution in [3.05, 3.63) is 36.3 Å². The lowest BCUT2D eigenvalue weighted by Crippen LogP contribution is -2.17. The quantitative estimate of drug-likeness (QED) is 0.809. The van der Waals surface area contributed by atoms with E-state index in [1.165, 1.54) is 5.69 Å². The van der Waals surface area contributed by atoms with Crippen LogP contribution in [-0.4, -0.2) is 16.7 Å². The van der Waals surface area contributed by atoms with Crippen molar-refractivity contribution in [3.63, 3.8) is 0 Å². The molecule has 2 aromatic rings. The first-order chi connectivity index (χ1) is 8.45. The summed E-state index contributed by atoms with van der Waals surface area (Å²) in [5, 5.41) is 0. The Labute approximate surface area is 108 Å². The molecule has 0 atom stereocenters. The van der Waals surface area contributed by atoms with Crippen LogP contribution in [0.1, 0.15) is 26.5 Å². The van der Waals surface area contributed by atoms with Crippen LogP contribution in [0.15, 0.2) is 30.6 Å². The standard InChI is InChI=1S/C15H20N2O/c1-15(2,3)14-13(16-10-17(14)4)11-8-6-7-9-12(11)18-5/h6-10H,1-5H3. The molecule has 0 amide bonds. The van der Waals surface area contributed by atoms with Gasteiger partial charge in [-0.1, -0.05) is 32.9 Å². The third kappa shape index (κ3) is 2.13. The smallest absolute Gasteiger partial charge is 0.128 e. The van der Waals surface area contributed by atoms with E-state index in [1.807, 2.05) is 31.6 Å². The second-order valence-corrected chi connectivity index (χ2v) is 5.50. The highest BCUT2D eigenvalue weighted by Gasteiger charge is 2.24. The second-order valence-electron chi connectivity index (χ2n) is 5.50. The Morgan fingerprint density at radius 3 is 2.44 bits per heavy atom. The average Bonchev–Trinajstić information content (AvgIpc) is 2.70. The number of ether oxygens (including phenoxy) is 1. The minimum Gasteiger partial charge on any atom is -0.496 e. The van der Waals surface area contributed by atoms with Gasteiger partial charge in [-0.2, -0.15) is 0 Å².